The van der Waals surface area contributed by atoms with E-state index in [1.807, 2.05) is 30.3 Å². The summed E-state index contributed by atoms with van der Waals surface area (Å²) in [5.74, 6) is -3.30. The molecule has 0 fully saturated rings. The summed E-state index contributed by atoms with van der Waals surface area (Å²) in [6.07, 6.45) is -3.75. The fourth-order valence-electron chi connectivity index (χ4n) is 5.54. The molecule has 4 atom stereocenters. The van der Waals surface area contributed by atoms with Gasteiger partial charge in [-0.3, -0.25) is 19.2 Å². The van der Waals surface area contributed by atoms with Crippen LogP contribution >= 0.6 is 0 Å². The zero-order valence-corrected chi connectivity index (χ0v) is 29.1. The summed E-state index contributed by atoms with van der Waals surface area (Å²) in [7, 11) is 0. The normalized spacial score (nSPS) is 13.4. The average Bonchev–Trinajstić information content (AvgIpc) is 3.16. The summed E-state index contributed by atoms with van der Waals surface area (Å²) >= 11 is 0. The molecule has 0 aromatic heterocycles. The van der Waals surface area contributed by atoms with Gasteiger partial charge in [0.05, 0.1) is 11.6 Å². The lowest BCUT2D eigenvalue weighted by Gasteiger charge is -2.26. The molecule has 4 aromatic carbocycles. The molecule has 284 valence electrons. The first-order valence-electron chi connectivity index (χ1n) is 17.1. The van der Waals surface area contributed by atoms with Crippen LogP contribution in [0.15, 0.2) is 109 Å². The van der Waals surface area contributed by atoms with Crippen molar-refractivity contribution in [3.8, 4) is 5.75 Å². The highest BCUT2D eigenvalue weighted by Crippen LogP contribution is 2.29. The second-order valence-corrected chi connectivity index (χ2v) is 12.6. The number of halogens is 3. The number of aryl methyl sites for hydroxylation is 1. The van der Waals surface area contributed by atoms with Gasteiger partial charge in [-0.2, -0.15) is 13.2 Å². The summed E-state index contributed by atoms with van der Waals surface area (Å²) < 4.78 is 45.0. The second kappa shape index (κ2) is 19.7. The van der Waals surface area contributed by atoms with E-state index < -0.39 is 59.6 Å². The standard InChI is InChI=1S/C40H41F3N4O7/c41-40(42,43)30-16-11-28(12-17-30)24-33(45-36(49)32(44)20-15-26-7-3-1-4-8-26)37(50)46-34(23-27-9-5-2-6-10-27)38(51)47-35(39(52)53)25-29-13-18-31(19-14-29)54-22-21-48/h1-14,16-19,21,32-35H,15,20,22-25,44H2,(H,45,49)(H,46,50)(H,47,51)(H,52,53). The van der Waals surface area contributed by atoms with Crippen molar-refractivity contribution in [1.82, 2.24) is 16.0 Å². The molecule has 3 amide bonds. The van der Waals surface area contributed by atoms with Gasteiger partial charge >= 0.3 is 12.1 Å². The molecule has 0 radical (unpaired) electrons. The predicted octanol–water partition coefficient (Wildman–Crippen LogP) is 3.81. The first kappa shape index (κ1) is 40.7. The number of aldehydes is 1. The molecule has 6 N–H and O–H groups in total. The van der Waals surface area contributed by atoms with Crippen LogP contribution in [0, 0.1) is 0 Å². The van der Waals surface area contributed by atoms with E-state index in [-0.39, 0.29) is 32.3 Å². The number of benzene rings is 4. The Morgan fingerprint density at radius 2 is 1.09 bits per heavy atom. The molecule has 4 aromatic rings. The highest BCUT2D eigenvalue weighted by atomic mass is 19.4. The lowest BCUT2D eigenvalue weighted by Crippen LogP contribution is -2.58. The molecule has 54 heavy (non-hydrogen) atoms. The first-order valence-corrected chi connectivity index (χ1v) is 17.1. The number of amides is 3. The van der Waals surface area contributed by atoms with Crippen molar-refractivity contribution in [3.63, 3.8) is 0 Å². The lowest BCUT2D eigenvalue weighted by molar-refractivity contribution is -0.142. The highest BCUT2D eigenvalue weighted by Gasteiger charge is 2.32. The monoisotopic (exact) mass is 746 g/mol. The number of carboxylic acids is 1. The Hall–Kier alpha value is -6.02. The predicted molar refractivity (Wildman–Crippen MR) is 193 cm³/mol. The van der Waals surface area contributed by atoms with E-state index in [2.05, 4.69) is 16.0 Å². The molecular weight excluding hydrogens is 705 g/mol. The smallest absolute Gasteiger partial charge is 0.416 e. The van der Waals surface area contributed by atoms with E-state index >= 15 is 0 Å². The molecule has 11 nitrogen and oxygen atoms in total. The van der Waals surface area contributed by atoms with Crippen molar-refractivity contribution in [1.29, 1.82) is 0 Å². The van der Waals surface area contributed by atoms with Gasteiger partial charge in [0.2, 0.25) is 17.7 Å². The Bertz CT molecular complexity index is 1840. The van der Waals surface area contributed by atoms with Crippen LogP contribution in [0.4, 0.5) is 13.2 Å². The van der Waals surface area contributed by atoms with E-state index in [9.17, 15) is 42.3 Å². The summed E-state index contributed by atoms with van der Waals surface area (Å²) in [5.41, 5.74) is 7.69. The van der Waals surface area contributed by atoms with Crippen molar-refractivity contribution in [2.45, 2.75) is 62.4 Å². The SMILES string of the molecule is NC(CCc1ccccc1)C(=O)NC(Cc1ccc(C(F)(F)F)cc1)C(=O)NC(Cc1ccccc1)C(=O)NC(Cc1ccc(OCC=O)cc1)C(=O)O. The van der Waals surface area contributed by atoms with E-state index in [0.29, 0.717) is 35.1 Å². The van der Waals surface area contributed by atoms with Crippen molar-refractivity contribution in [3.05, 3.63) is 137 Å². The molecule has 0 saturated heterocycles. The van der Waals surface area contributed by atoms with Gasteiger partial charge in [-0.05, 0) is 59.4 Å². The van der Waals surface area contributed by atoms with Gasteiger partial charge in [-0.1, -0.05) is 84.9 Å². The van der Waals surface area contributed by atoms with Crippen LogP contribution in [-0.2, 0) is 55.8 Å². The number of aliphatic carboxylic acids is 1. The highest BCUT2D eigenvalue weighted by molar-refractivity contribution is 5.94. The first-order chi connectivity index (χ1) is 25.8. The Kier molecular flexibility index (Phi) is 14.9. The van der Waals surface area contributed by atoms with Crippen LogP contribution in [0.5, 0.6) is 5.75 Å². The van der Waals surface area contributed by atoms with Crippen molar-refractivity contribution < 1.29 is 47.0 Å². The van der Waals surface area contributed by atoms with Gasteiger partial charge in [0.25, 0.3) is 0 Å². The second-order valence-electron chi connectivity index (χ2n) is 12.6. The molecule has 0 spiro atoms. The molecular formula is C40H41F3N4O7. The summed E-state index contributed by atoms with van der Waals surface area (Å²) in [6, 6.07) is 23.1. The molecule has 0 heterocycles. The minimum absolute atomic E-state index is 0.0644. The number of hydrogen-bond acceptors (Lipinski definition) is 7. The van der Waals surface area contributed by atoms with Gasteiger partial charge < -0.3 is 31.5 Å². The number of ether oxygens (including phenoxy) is 1. The van der Waals surface area contributed by atoms with Crippen molar-refractivity contribution in [2.75, 3.05) is 6.61 Å². The molecule has 14 heteroatoms. The van der Waals surface area contributed by atoms with Crippen LogP contribution in [0.25, 0.3) is 0 Å². The topological polar surface area (TPSA) is 177 Å². The minimum Gasteiger partial charge on any atom is -0.486 e. The number of carbonyl (C=O) groups is 5. The van der Waals surface area contributed by atoms with E-state index in [0.717, 1.165) is 17.7 Å². The molecule has 0 aliphatic heterocycles. The molecule has 0 bridgehead atoms. The molecule has 0 aliphatic carbocycles. The summed E-state index contributed by atoms with van der Waals surface area (Å²) in [5, 5.41) is 17.7. The number of alkyl halides is 3. The fraction of sp³-hybridized carbons (Fsp3) is 0.275. The lowest BCUT2D eigenvalue weighted by atomic mass is 10.00. The Balaban J connectivity index is 1.55. The zero-order valence-electron chi connectivity index (χ0n) is 29.1. The van der Waals surface area contributed by atoms with Crippen LogP contribution in [0.1, 0.15) is 34.2 Å². The van der Waals surface area contributed by atoms with Gasteiger partial charge in [-0.25, -0.2) is 4.79 Å². The number of carboxylic acid groups (broad SMARTS) is 1. The van der Waals surface area contributed by atoms with Gasteiger partial charge in [-0.15, -0.1) is 0 Å². The van der Waals surface area contributed by atoms with Crippen molar-refractivity contribution >= 4 is 30.0 Å². The van der Waals surface area contributed by atoms with Gasteiger partial charge in [0, 0.05) is 19.3 Å². The van der Waals surface area contributed by atoms with Crippen LogP contribution in [0.2, 0.25) is 0 Å². The largest absolute Gasteiger partial charge is 0.486 e. The number of carbonyl (C=O) groups excluding carboxylic acids is 4. The average molecular weight is 747 g/mol. The summed E-state index contributed by atoms with van der Waals surface area (Å²) in [6.45, 7) is -0.155. The Morgan fingerprint density at radius 1 is 0.648 bits per heavy atom. The number of rotatable bonds is 19. The Labute approximate surface area is 310 Å². The quantitative estimate of drug-likeness (QED) is 0.0901. The van der Waals surface area contributed by atoms with Crippen molar-refractivity contribution in [2.24, 2.45) is 5.73 Å². The maximum absolute atomic E-state index is 14.0. The number of nitrogens with two attached hydrogens (primary N) is 1. The zero-order chi connectivity index (χ0) is 39.1. The Morgan fingerprint density at radius 3 is 1.59 bits per heavy atom. The van der Waals surface area contributed by atoms with Gasteiger partial charge in [0.15, 0.2) is 6.29 Å². The summed E-state index contributed by atoms with van der Waals surface area (Å²) in [4.78, 5) is 63.9. The number of hydrogen-bond donors (Lipinski definition) is 5. The van der Waals surface area contributed by atoms with Crippen LogP contribution in [-0.4, -0.2) is 65.9 Å². The maximum Gasteiger partial charge on any atom is 0.416 e. The molecule has 4 unspecified atom stereocenters. The number of nitrogens with one attached hydrogen (secondary N) is 3. The third kappa shape index (κ3) is 12.9. The third-order valence-electron chi connectivity index (χ3n) is 8.49. The maximum atomic E-state index is 14.0. The molecule has 0 saturated carbocycles. The van der Waals surface area contributed by atoms with E-state index in [1.165, 1.54) is 12.1 Å². The van der Waals surface area contributed by atoms with E-state index in [1.54, 1.807) is 54.6 Å². The third-order valence-corrected chi connectivity index (χ3v) is 8.49. The molecule has 0 aliphatic rings. The fourth-order valence-corrected chi connectivity index (χ4v) is 5.54. The van der Waals surface area contributed by atoms with E-state index in [4.69, 9.17) is 10.5 Å². The van der Waals surface area contributed by atoms with Crippen LogP contribution < -0.4 is 26.4 Å². The van der Waals surface area contributed by atoms with Gasteiger partial charge in [0.1, 0.15) is 30.5 Å². The molecule has 4 rings (SSSR count). The minimum atomic E-state index is -4.59. The van der Waals surface area contributed by atoms with Crippen LogP contribution in [0.3, 0.4) is 0 Å².